The van der Waals surface area contributed by atoms with Crippen LogP contribution in [0.5, 0.6) is 0 Å². The van der Waals surface area contributed by atoms with E-state index in [1.54, 1.807) is 54.6 Å². The van der Waals surface area contributed by atoms with Gasteiger partial charge in [-0.1, -0.05) is 59.1 Å². The minimum atomic E-state index is -0.348. The Kier molecular flexibility index (Phi) is 7.12. The average Bonchev–Trinajstić information content (AvgIpc) is 3.63. The molecule has 0 saturated carbocycles. The fraction of sp³-hybridized carbons (Fsp3) is 0.0769. The van der Waals surface area contributed by atoms with Crippen LogP contribution in [0.3, 0.4) is 0 Å². The number of fused-ring (bicyclic) bond motifs is 2. The van der Waals surface area contributed by atoms with Crippen molar-refractivity contribution >= 4 is 85.0 Å². The number of carbonyl (C=O) groups is 3. The lowest BCUT2D eigenvalue weighted by Crippen LogP contribution is -2.29. The Bertz CT molecular complexity index is 1700. The van der Waals surface area contributed by atoms with E-state index in [1.165, 1.54) is 63.2 Å². The van der Waals surface area contributed by atoms with Crippen LogP contribution in [0.15, 0.2) is 75.4 Å². The molecule has 2 aromatic heterocycles. The molecule has 5 aromatic rings. The van der Waals surface area contributed by atoms with E-state index in [2.05, 4.69) is 20.5 Å². The molecule has 39 heavy (non-hydrogen) atoms. The minimum absolute atomic E-state index is 0.128. The predicted octanol–water partition coefficient (Wildman–Crippen LogP) is 6.11. The summed E-state index contributed by atoms with van der Waals surface area (Å²) in [6.07, 6.45) is 0. The first-order chi connectivity index (χ1) is 18.9. The SMILES string of the molecule is O=C(CSc1nc2ccc(N3C(=O)c4ccccc4C3=O)cc2s1)Nc1nnc(SCc2ccc(F)cc2)s1. The highest BCUT2D eigenvalue weighted by Gasteiger charge is 2.36. The smallest absolute Gasteiger partial charge is 0.266 e. The molecule has 0 fully saturated rings. The van der Waals surface area contributed by atoms with E-state index in [-0.39, 0.29) is 29.3 Å². The number of imide groups is 1. The van der Waals surface area contributed by atoms with Crippen LogP contribution in [-0.2, 0) is 10.5 Å². The highest BCUT2D eigenvalue weighted by Crippen LogP contribution is 2.35. The fourth-order valence-electron chi connectivity index (χ4n) is 3.84. The first-order valence-corrected chi connectivity index (χ1v) is 15.1. The predicted molar refractivity (Wildman–Crippen MR) is 152 cm³/mol. The molecule has 1 aliphatic rings. The molecule has 13 heteroatoms. The van der Waals surface area contributed by atoms with E-state index in [4.69, 9.17) is 0 Å². The molecule has 0 saturated heterocycles. The van der Waals surface area contributed by atoms with Crippen molar-refractivity contribution in [2.75, 3.05) is 16.0 Å². The monoisotopic (exact) mass is 593 g/mol. The molecular weight excluding hydrogens is 578 g/mol. The number of hydrogen-bond donors (Lipinski definition) is 1. The number of thioether (sulfide) groups is 2. The van der Waals surface area contributed by atoms with Crippen LogP contribution in [0.4, 0.5) is 15.2 Å². The van der Waals surface area contributed by atoms with Gasteiger partial charge in [-0.2, -0.15) is 0 Å². The number of aromatic nitrogens is 3. The number of halogens is 1. The van der Waals surface area contributed by atoms with Crippen molar-refractivity contribution in [3.05, 3.63) is 89.2 Å². The first kappa shape index (κ1) is 25.6. The molecule has 8 nitrogen and oxygen atoms in total. The van der Waals surface area contributed by atoms with E-state index in [0.717, 1.165) is 15.8 Å². The third kappa shape index (κ3) is 5.43. The number of amides is 3. The number of carbonyl (C=O) groups excluding carboxylic acids is 3. The molecule has 194 valence electrons. The van der Waals surface area contributed by atoms with Crippen LogP contribution in [0.2, 0.25) is 0 Å². The van der Waals surface area contributed by atoms with Gasteiger partial charge in [0.2, 0.25) is 11.0 Å². The van der Waals surface area contributed by atoms with Crippen LogP contribution in [-0.4, -0.2) is 38.7 Å². The van der Waals surface area contributed by atoms with Crippen LogP contribution < -0.4 is 10.2 Å². The number of benzene rings is 3. The molecule has 0 bridgehead atoms. The number of nitrogens with one attached hydrogen (secondary N) is 1. The summed E-state index contributed by atoms with van der Waals surface area (Å²) in [5, 5.41) is 11.3. The Morgan fingerprint density at radius 3 is 2.38 bits per heavy atom. The second-order valence-electron chi connectivity index (χ2n) is 8.25. The van der Waals surface area contributed by atoms with Crippen LogP contribution in [0, 0.1) is 5.82 Å². The van der Waals surface area contributed by atoms with Crippen LogP contribution in [0.25, 0.3) is 10.2 Å². The van der Waals surface area contributed by atoms with Gasteiger partial charge in [0.25, 0.3) is 11.8 Å². The summed E-state index contributed by atoms with van der Waals surface area (Å²) in [6.45, 7) is 0. The Morgan fingerprint density at radius 2 is 1.64 bits per heavy atom. The Morgan fingerprint density at radius 1 is 0.897 bits per heavy atom. The summed E-state index contributed by atoms with van der Waals surface area (Å²) in [7, 11) is 0. The molecular formula is C26H16FN5O3S4. The lowest BCUT2D eigenvalue weighted by atomic mass is 10.1. The Hall–Kier alpha value is -3.65. The number of thiazole rings is 1. The maximum atomic E-state index is 13.0. The zero-order valence-corrected chi connectivity index (χ0v) is 23.1. The zero-order chi connectivity index (χ0) is 26.9. The summed E-state index contributed by atoms with van der Waals surface area (Å²) in [4.78, 5) is 43.9. The van der Waals surface area contributed by atoms with Gasteiger partial charge in [-0.25, -0.2) is 14.3 Å². The van der Waals surface area contributed by atoms with Gasteiger partial charge < -0.3 is 0 Å². The molecule has 6 rings (SSSR count). The molecule has 1 aliphatic heterocycles. The van der Waals surface area contributed by atoms with Crippen molar-refractivity contribution in [3.8, 4) is 0 Å². The topological polar surface area (TPSA) is 105 Å². The van der Waals surface area contributed by atoms with Crippen molar-refractivity contribution in [2.24, 2.45) is 0 Å². The van der Waals surface area contributed by atoms with Crippen molar-refractivity contribution in [3.63, 3.8) is 0 Å². The zero-order valence-electron chi connectivity index (χ0n) is 19.8. The molecule has 0 radical (unpaired) electrons. The Labute approximate surface area is 237 Å². The molecule has 1 N–H and O–H groups in total. The van der Waals surface area contributed by atoms with E-state index >= 15 is 0 Å². The third-order valence-corrected chi connectivity index (χ3v) is 9.86. The van der Waals surface area contributed by atoms with Gasteiger partial charge in [0.15, 0.2) is 8.68 Å². The van der Waals surface area contributed by atoms with E-state index in [1.807, 2.05) is 0 Å². The lowest BCUT2D eigenvalue weighted by Gasteiger charge is -2.13. The highest BCUT2D eigenvalue weighted by molar-refractivity contribution is 8.01. The maximum Gasteiger partial charge on any atom is 0.266 e. The van der Waals surface area contributed by atoms with Gasteiger partial charge in [-0.15, -0.1) is 21.5 Å². The molecule has 3 amide bonds. The molecule has 3 aromatic carbocycles. The summed E-state index contributed by atoms with van der Waals surface area (Å²) >= 11 is 5.40. The summed E-state index contributed by atoms with van der Waals surface area (Å²) < 4.78 is 15.2. The number of nitrogens with zero attached hydrogens (tertiary/aromatic N) is 4. The van der Waals surface area contributed by atoms with Gasteiger partial charge in [-0.3, -0.25) is 19.7 Å². The van der Waals surface area contributed by atoms with E-state index < -0.39 is 0 Å². The highest BCUT2D eigenvalue weighted by atomic mass is 32.2. The van der Waals surface area contributed by atoms with Crippen molar-refractivity contribution in [1.29, 1.82) is 0 Å². The van der Waals surface area contributed by atoms with Crippen LogP contribution in [0.1, 0.15) is 26.3 Å². The quantitative estimate of drug-likeness (QED) is 0.131. The van der Waals surface area contributed by atoms with Gasteiger partial charge in [0, 0.05) is 5.75 Å². The normalized spacial score (nSPS) is 12.8. The molecule has 3 heterocycles. The molecule has 0 unspecified atom stereocenters. The average molecular weight is 594 g/mol. The summed E-state index contributed by atoms with van der Waals surface area (Å²) in [6, 6.07) is 18.3. The largest absolute Gasteiger partial charge is 0.300 e. The molecule has 0 atom stereocenters. The molecule has 0 aliphatic carbocycles. The standard InChI is InChI=1S/C26H16FN5O3S4/c27-15-7-5-14(6-8-15)12-36-26-31-30-24(39-26)29-21(33)13-37-25-28-19-10-9-16(11-20(19)38-25)32-22(34)17-3-1-2-4-18(17)23(32)35/h1-11H,12-13H2,(H,29,30,33). The van der Waals surface area contributed by atoms with E-state index in [0.29, 0.717) is 36.4 Å². The summed E-state index contributed by atoms with van der Waals surface area (Å²) in [5.41, 5.74) is 2.95. The number of anilines is 2. The van der Waals surface area contributed by atoms with Gasteiger partial charge in [-0.05, 0) is 48.0 Å². The fourth-order valence-corrected chi connectivity index (χ4v) is 7.47. The number of hydrogen-bond acceptors (Lipinski definition) is 10. The van der Waals surface area contributed by atoms with Crippen molar-refractivity contribution in [1.82, 2.24) is 15.2 Å². The first-order valence-electron chi connectivity index (χ1n) is 11.5. The van der Waals surface area contributed by atoms with Crippen LogP contribution >= 0.6 is 46.2 Å². The lowest BCUT2D eigenvalue weighted by molar-refractivity contribution is -0.113. The van der Waals surface area contributed by atoms with Crippen molar-refractivity contribution < 1.29 is 18.8 Å². The van der Waals surface area contributed by atoms with Gasteiger partial charge in [0.05, 0.1) is 32.8 Å². The maximum absolute atomic E-state index is 13.0. The van der Waals surface area contributed by atoms with Gasteiger partial charge in [0.1, 0.15) is 5.82 Å². The second kappa shape index (κ2) is 10.8. The van der Waals surface area contributed by atoms with Gasteiger partial charge >= 0.3 is 0 Å². The Balaban J connectivity index is 1.05. The minimum Gasteiger partial charge on any atom is -0.300 e. The third-order valence-electron chi connectivity index (χ3n) is 5.66. The molecule has 0 spiro atoms. The van der Waals surface area contributed by atoms with Crippen molar-refractivity contribution in [2.45, 2.75) is 14.4 Å². The number of rotatable bonds is 8. The van der Waals surface area contributed by atoms with E-state index in [9.17, 15) is 18.8 Å². The second-order valence-corrected chi connectivity index (χ2v) is 12.7. The summed E-state index contributed by atoms with van der Waals surface area (Å²) in [5.74, 6) is -0.469.